The van der Waals surface area contributed by atoms with Crippen molar-refractivity contribution < 1.29 is 19.1 Å². The molecular formula is C21H26N4O4. The highest BCUT2D eigenvalue weighted by Gasteiger charge is 2.51. The zero-order valence-electron chi connectivity index (χ0n) is 16.7. The first kappa shape index (κ1) is 19.4. The minimum atomic E-state index is -0.568. The van der Waals surface area contributed by atoms with Gasteiger partial charge in [0.1, 0.15) is 11.9 Å². The lowest BCUT2D eigenvalue weighted by molar-refractivity contribution is -0.138. The number of carbonyl (C=O) groups is 3. The summed E-state index contributed by atoms with van der Waals surface area (Å²) in [5.41, 5.74) is 1.42. The lowest BCUT2D eigenvalue weighted by Gasteiger charge is -2.43. The van der Waals surface area contributed by atoms with Gasteiger partial charge in [-0.2, -0.15) is 0 Å². The van der Waals surface area contributed by atoms with Crippen LogP contribution in [0.1, 0.15) is 18.4 Å². The fourth-order valence-electron chi connectivity index (χ4n) is 4.29. The van der Waals surface area contributed by atoms with Crippen LogP contribution in [-0.4, -0.2) is 72.1 Å². The molecule has 3 unspecified atom stereocenters. The lowest BCUT2D eigenvalue weighted by Crippen LogP contribution is -2.62. The van der Waals surface area contributed by atoms with Gasteiger partial charge in [-0.1, -0.05) is 30.3 Å². The van der Waals surface area contributed by atoms with E-state index >= 15 is 0 Å². The summed E-state index contributed by atoms with van der Waals surface area (Å²) in [5.74, 6) is -1.11. The molecule has 0 saturated carbocycles. The van der Waals surface area contributed by atoms with E-state index in [-0.39, 0.29) is 23.9 Å². The number of urea groups is 1. The van der Waals surface area contributed by atoms with Crippen LogP contribution < -0.4 is 5.32 Å². The van der Waals surface area contributed by atoms with Crippen LogP contribution in [0.25, 0.3) is 0 Å². The Balaban J connectivity index is 1.57. The predicted molar refractivity (Wildman–Crippen MR) is 105 cm³/mol. The van der Waals surface area contributed by atoms with Crippen LogP contribution >= 0.6 is 0 Å². The summed E-state index contributed by atoms with van der Waals surface area (Å²) in [4.78, 5) is 42.8. The van der Waals surface area contributed by atoms with Crippen LogP contribution in [0.2, 0.25) is 0 Å². The first-order valence-electron chi connectivity index (χ1n) is 9.94. The Labute approximate surface area is 170 Å². The number of hydrogen-bond donors (Lipinski definition) is 1. The second kappa shape index (κ2) is 7.87. The maximum absolute atomic E-state index is 13.0. The van der Waals surface area contributed by atoms with Crippen LogP contribution in [0.4, 0.5) is 4.79 Å². The minimum absolute atomic E-state index is 0.0164. The molecule has 0 spiro atoms. The summed E-state index contributed by atoms with van der Waals surface area (Å²) in [6.45, 7) is 1.56. The van der Waals surface area contributed by atoms with Crippen molar-refractivity contribution in [3.05, 3.63) is 47.7 Å². The third-order valence-electron chi connectivity index (χ3n) is 5.84. The highest BCUT2D eigenvalue weighted by Crippen LogP contribution is 2.35. The van der Waals surface area contributed by atoms with Crippen LogP contribution in [0.3, 0.4) is 0 Å². The Kier molecular flexibility index (Phi) is 5.27. The highest BCUT2D eigenvalue weighted by atomic mass is 16.5. The first-order chi connectivity index (χ1) is 14.0. The third-order valence-corrected chi connectivity index (χ3v) is 5.84. The van der Waals surface area contributed by atoms with Gasteiger partial charge < -0.3 is 19.9 Å². The highest BCUT2D eigenvalue weighted by molar-refractivity contribution is 6.02. The molecule has 154 valence electrons. The summed E-state index contributed by atoms with van der Waals surface area (Å²) in [5, 5.41) is 2.94. The maximum Gasteiger partial charge on any atom is 0.327 e. The fraction of sp³-hybridized carbons (Fsp3) is 0.476. The Morgan fingerprint density at radius 3 is 2.66 bits per heavy atom. The van der Waals surface area contributed by atoms with E-state index in [4.69, 9.17) is 4.74 Å². The summed E-state index contributed by atoms with van der Waals surface area (Å²) < 4.78 is 5.76. The third kappa shape index (κ3) is 3.60. The predicted octanol–water partition coefficient (Wildman–Crippen LogP) is 1.15. The molecule has 3 heterocycles. The summed E-state index contributed by atoms with van der Waals surface area (Å²) in [7, 11) is 3.15. The molecule has 8 heteroatoms. The van der Waals surface area contributed by atoms with Crippen molar-refractivity contribution in [2.75, 3.05) is 27.2 Å². The first-order valence-corrected chi connectivity index (χ1v) is 9.94. The zero-order chi connectivity index (χ0) is 20.5. The molecule has 3 aliphatic rings. The fourth-order valence-corrected chi connectivity index (χ4v) is 4.29. The van der Waals surface area contributed by atoms with Gasteiger partial charge in [0.25, 0.3) is 5.91 Å². The van der Waals surface area contributed by atoms with Gasteiger partial charge in [-0.25, -0.2) is 4.79 Å². The van der Waals surface area contributed by atoms with Crippen molar-refractivity contribution in [1.82, 2.24) is 20.0 Å². The molecule has 3 aliphatic heterocycles. The van der Waals surface area contributed by atoms with E-state index in [1.807, 2.05) is 35.2 Å². The van der Waals surface area contributed by atoms with Crippen LogP contribution in [0, 0.1) is 5.92 Å². The average Bonchev–Trinajstić information content (AvgIpc) is 3.38. The van der Waals surface area contributed by atoms with Crippen molar-refractivity contribution in [1.29, 1.82) is 0 Å². The molecule has 2 saturated heterocycles. The van der Waals surface area contributed by atoms with E-state index in [9.17, 15) is 14.4 Å². The molecule has 0 radical (unpaired) electrons. The van der Waals surface area contributed by atoms with Crippen LogP contribution in [0.5, 0.6) is 0 Å². The maximum atomic E-state index is 13.0. The molecule has 1 aromatic rings. The summed E-state index contributed by atoms with van der Waals surface area (Å²) in [6, 6.07) is 9.28. The molecule has 0 bridgehead atoms. The average molecular weight is 398 g/mol. The van der Waals surface area contributed by atoms with Crippen LogP contribution in [-0.2, 0) is 20.9 Å². The van der Waals surface area contributed by atoms with E-state index in [1.54, 1.807) is 13.1 Å². The van der Waals surface area contributed by atoms with E-state index in [0.717, 1.165) is 23.3 Å². The van der Waals surface area contributed by atoms with Gasteiger partial charge in [0, 0.05) is 33.8 Å². The molecule has 0 aliphatic carbocycles. The smallest absolute Gasteiger partial charge is 0.327 e. The number of carbonyl (C=O) groups excluding carboxylic acids is 3. The van der Waals surface area contributed by atoms with Crippen molar-refractivity contribution in [3.63, 3.8) is 0 Å². The number of ether oxygens (including phenoxy) is 1. The number of nitrogens with zero attached hydrogens (tertiary/aromatic N) is 3. The van der Waals surface area contributed by atoms with Crippen LogP contribution in [0.15, 0.2) is 42.1 Å². The van der Waals surface area contributed by atoms with E-state index in [1.165, 1.54) is 11.9 Å². The molecule has 0 aromatic heterocycles. The number of amides is 4. The quantitative estimate of drug-likeness (QED) is 0.805. The monoisotopic (exact) mass is 398 g/mol. The molecule has 29 heavy (non-hydrogen) atoms. The Hall–Kier alpha value is -2.87. The molecule has 4 amide bonds. The van der Waals surface area contributed by atoms with E-state index in [2.05, 4.69) is 5.32 Å². The zero-order valence-corrected chi connectivity index (χ0v) is 16.7. The molecule has 4 rings (SSSR count). The normalized spacial score (nSPS) is 26.6. The van der Waals surface area contributed by atoms with Gasteiger partial charge in [-0.3, -0.25) is 14.5 Å². The second-order valence-corrected chi connectivity index (χ2v) is 7.74. The largest absolute Gasteiger partial charge is 0.376 e. The SMILES string of the molecule is CN1C(=O)C2C=C(C(=O)NCc3ccccc3)N(CC3CCCO3)C2N(C)C1=O. The molecule has 8 nitrogen and oxygen atoms in total. The van der Waals surface area contributed by atoms with Gasteiger partial charge in [0.2, 0.25) is 5.91 Å². The molecule has 3 atom stereocenters. The van der Waals surface area contributed by atoms with Crippen molar-refractivity contribution >= 4 is 17.8 Å². The van der Waals surface area contributed by atoms with E-state index < -0.39 is 12.1 Å². The Morgan fingerprint density at radius 1 is 1.21 bits per heavy atom. The molecular weight excluding hydrogens is 372 g/mol. The van der Waals surface area contributed by atoms with Crippen molar-refractivity contribution in [3.8, 4) is 0 Å². The second-order valence-electron chi connectivity index (χ2n) is 7.74. The molecule has 1 aromatic carbocycles. The van der Waals surface area contributed by atoms with Crippen molar-refractivity contribution in [2.24, 2.45) is 5.92 Å². The Morgan fingerprint density at radius 2 is 1.97 bits per heavy atom. The van der Waals surface area contributed by atoms with Gasteiger partial charge in [0.05, 0.1) is 12.0 Å². The minimum Gasteiger partial charge on any atom is -0.376 e. The Bertz CT molecular complexity index is 834. The number of nitrogens with one attached hydrogen (secondary N) is 1. The van der Waals surface area contributed by atoms with Gasteiger partial charge in [-0.15, -0.1) is 0 Å². The number of benzene rings is 1. The number of fused-ring (bicyclic) bond motifs is 1. The van der Waals surface area contributed by atoms with Gasteiger partial charge >= 0.3 is 6.03 Å². The van der Waals surface area contributed by atoms with Gasteiger partial charge in [-0.05, 0) is 24.5 Å². The number of hydrogen-bond acceptors (Lipinski definition) is 5. The topological polar surface area (TPSA) is 82.2 Å². The number of imide groups is 1. The van der Waals surface area contributed by atoms with Crippen molar-refractivity contribution in [2.45, 2.75) is 31.7 Å². The summed E-state index contributed by atoms with van der Waals surface area (Å²) in [6.07, 6.45) is 3.05. The number of rotatable bonds is 5. The lowest BCUT2D eigenvalue weighted by atomic mass is 10.0. The summed E-state index contributed by atoms with van der Waals surface area (Å²) >= 11 is 0. The molecule has 2 fully saturated rings. The van der Waals surface area contributed by atoms with Gasteiger partial charge in [0.15, 0.2) is 0 Å². The van der Waals surface area contributed by atoms with E-state index in [0.29, 0.717) is 25.4 Å². The molecule has 1 N–H and O–H groups in total. The standard InChI is InChI=1S/C21H26N4O4/c1-23-19-16(20(27)24(2)21(23)28)11-17(25(19)13-15-9-6-10-29-15)18(26)22-12-14-7-4-3-5-8-14/h3-5,7-8,11,15-16,19H,6,9-10,12-13H2,1-2H3,(H,22,26).